The van der Waals surface area contributed by atoms with E-state index < -0.39 is 0 Å². The predicted octanol–water partition coefficient (Wildman–Crippen LogP) is 1.91. The van der Waals surface area contributed by atoms with Gasteiger partial charge in [-0.2, -0.15) is 0 Å². The Labute approximate surface area is 104 Å². The summed E-state index contributed by atoms with van der Waals surface area (Å²) in [6, 6.07) is 6.31. The molecule has 1 aromatic carbocycles. The number of methoxy groups -OCH3 is 1. The molecule has 1 rings (SSSR count). The fourth-order valence-corrected chi connectivity index (χ4v) is 1.82. The minimum absolute atomic E-state index is 0.291. The normalized spacial score (nSPS) is 10.5. The number of aliphatic hydroxyl groups is 1. The number of unbranched alkanes of at least 4 members (excludes halogenated alkanes) is 1. The molecule has 2 N–H and O–H groups in total. The third-order valence-electron chi connectivity index (χ3n) is 2.81. The first-order valence-corrected chi connectivity index (χ1v) is 6.23. The molecule has 0 radical (unpaired) electrons. The van der Waals surface area contributed by atoms with Crippen LogP contribution >= 0.6 is 0 Å². The Hall–Kier alpha value is -1.06. The molecule has 0 fully saturated rings. The lowest BCUT2D eigenvalue weighted by Gasteiger charge is -2.08. The van der Waals surface area contributed by atoms with Crippen molar-refractivity contribution in [2.24, 2.45) is 0 Å². The first kappa shape index (κ1) is 14.0. The second-order valence-corrected chi connectivity index (χ2v) is 4.23. The topological polar surface area (TPSA) is 41.5 Å². The molecule has 0 aliphatic heterocycles. The van der Waals surface area contributed by atoms with Crippen molar-refractivity contribution in [3.8, 4) is 5.75 Å². The van der Waals surface area contributed by atoms with Gasteiger partial charge in [-0.3, -0.25) is 0 Å². The zero-order valence-electron chi connectivity index (χ0n) is 10.8. The summed E-state index contributed by atoms with van der Waals surface area (Å²) in [5.41, 5.74) is 2.52. The van der Waals surface area contributed by atoms with Crippen LogP contribution in [0.25, 0.3) is 0 Å². The molecule has 0 bridgehead atoms. The van der Waals surface area contributed by atoms with Gasteiger partial charge in [-0.15, -0.1) is 0 Å². The molecular formula is C14H23NO2. The van der Waals surface area contributed by atoms with Crippen LogP contribution in [0.2, 0.25) is 0 Å². The maximum absolute atomic E-state index is 8.64. The SMILES string of the molecule is COc1ccc(CCNCCCCO)cc1C. The van der Waals surface area contributed by atoms with E-state index in [9.17, 15) is 0 Å². The van der Waals surface area contributed by atoms with Crippen molar-refractivity contribution in [2.75, 3.05) is 26.8 Å². The van der Waals surface area contributed by atoms with E-state index in [1.54, 1.807) is 7.11 Å². The van der Waals surface area contributed by atoms with Crippen molar-refractivity contribution >= 4 is 0 Å². The second kappa shape index (κ2) is 8.09. The molecule has 0 amide bonds. The Balaban J connectivity index is 2.25. The average molecular weight is 237 g/mol. The van der Waals surface area contributed by atoms with Crippen LogP contribution in [0.4, 0.5) is 0 Å². The molecule has 0 saturated carbocycles. The monoisotopic (exact) mass is 237 g/mol. The minimum atomic E-state index is 0.291. The van der Waals surface area contributed by atoms with Crippen molar-refractivity contribution in [3.63, 3.8) is 0 Å². The zero-order chi connectivity index (χ0) is 12.5. The Bertz CT molecular complexity index is 326. The third-order valence-corrected chi connectivity index (χ3v) is 2.81. The van der Waals surface area contributed by atoms with Crippen molar-refractivity contribution < 1.29 is 9.84 Å². The molecule has 0 aliphatic carbocycles. The summed E-state index contributed by atoms with van der Waals surface area (Å²) in [5, 5.41) is 12.0. The highest BCUT2D eigenvalue weighted by molar-refractivity contribution is 5.36. The fourth-order valence-electron chi connectivity index (χ4n) is 1.82. The molecule has 0 heterocycles. The number of ether oxygens (including phenoxy) is 1. The standard InChI is InChI=1S/C14H23NO2/c1-12-11-13(5-6-14(12)17-2)7-9-15-8-3-4-10-16/h5-6,11,15-16H,3-4,7-10H2,1-2H3. The van der Waals surface area contributed by atoms with Crippen molar-refractivity contribution in [1.29, 1.82) is 0 Å². The zero-order valence-corrected chi connectivity index (χ0v) is 10.8. The lowest BCUT2D eigenvalue weighted by Crippen LogP contribution is -2.18. The lowest BCUT2D eigenvalue weighted by atomic mass is 10.1. The summed E-state index contributed by atoms with van der Waals surface area (Å²) < 4.78 is 5.23. The van der Waals surface area contributed by atoms with Gasteiger partial charge in [0.05, 0.1) is 7.11 Å². The smallest absolute Gasteiger partial charge is 0.121 e. The van der Waals surface area contributed by atoms with Crippen LogP contribution in [0.15, 0.2) is 18.2 Å². The van der Waals surface area contributed by atoms with Gasteiger partial charge in [-0.05, 0) is 56.5 Å². The molecule has 96 valence electrons. The van der Waals surface area contributed by atoms with Crippen molar-refractivity contribution in [3.05, 3.63) is 29.3 Å². The maximum Gasteiger partial charge on any atom is 0.121 e. The summed E-state index contributed by atoms with van der Waals surface area (Å²) >= 11 is 0. The number of benzene rings is 1. The van der Waals surface area contributed by atoms with Gasteiger partial charge in [0.15, 0.2) is 0 Å². The predicted molar refractivity (Wildman–Crippen MR) is 70.6 cm³/mol. The Morgan fingerprint density at radius 1 is 1.24 bits per heavy atom. The molecule has 0 atom stereocenters. The van der Waals surface area contributed by atoms with Crippen molar-refractivity contribution in [2.45, 2.75) is 26.2 Å². The summed E-state index contributed by atoms with van der Waals surface area (Å²) in [4.78, 5) is 0. The largest absolute Gasteiger partial charge is 0.496 e. The van der Waals surface area contributed by atoms with Crippen LogP contribution in [0, 0.1) is 6.92 Å². The highest BCUT2D eigenvalue weighted by Crippen LogP contribution is 2.18. The third kappa shape index (κ3) is 5.20. The van der Waals surface area contributed by atoms with E-state index in [0.717, 1.165) is 38.1 Å². The fraction of sp³-hybridized carbons (Fsp3) is 0.571. The Morgan fingerprint density at radius 2 is 2.06 bits per heavy atom. The Morgan fingerprint density at radius 3 is 2.71 bits per heavy atom. The maximum atomic E-state index is 8.64. The molecular weight excluding hydrogens is 214 g/mol. The van der Waals surface area contributed by atoms with E-state index >= 15 is 0 Å². The molecule has 17 heavy (non-hydrogen) atoms. The van der Waals surface area contributed by atoms with Gasteiger partial charge in [0.1, 0.15) is 5.75 Å². The number of aliphatic hydroxyl groups excluding tert-OH is 1. The van der Waals surface area contributed by atoms with E-state index in [1.165, 1.54) is 11.1 Å². The molecule has 0 saturated heterocycles. The van der Waals surface area contributed by atoms with Crippen LogP contribution in [0.3, 0.4) is 0 Å². The van der Waals surface area contributed by atoms with Gasteiger partial charge in [-0.25, -0.2) is 0 Å². The van der Waals surface area contributed by atoms with Gasteiger partial charge < -0.3 is 15.2 Å². The summed E-state index contributed by atoms with van der Waals surface area (Å²) in [6.45, 7) is 4.32. The molecule has 3 nitrogen and oxygen atoms in total. The van der Waals surface area contributed by atoms with Crippen LogP contribution in [0.1, 0.15) is 24.0 Å². The van der Waals surface area contributed by atoms with Gasteiger partial charge >= 0.3 is 0 Å². The average Bonchev–Trinajstić information content (AvgIpc) is 2.34. The molecule has 0 aliphatic rings. The molecule has 3 heteroatoms. The number of hydrogen-bond acceptors (Lipinski definition) is 3. The second-order valence-electron chi connectivity index (χ2n) is 4.23. The van der Waals surface area contributed by atoms with Crippen LogP contribution in [-0.4, -0.2) is 31.9 Å². The highest BCUT2D eigenvalue weighted by atomic mass is 16.5. The van der Waals surface area contributed by atoms with E-state index in [4.69, 9.17) is 9.84 Å². The van der Waals surface area contributed by atoms with Gasteiger partial charge in [0.2, 0.25) is 0 Å². The Kier molecular flexibility index (Phi) is 6.67. The molecule has 0 unspecified atom stereocenters. The first-order valence-electron chi connectivity index (χ1n) is 6.23. The van der Waals surface area contributed by atoms with Crippen LogP contribution < -0.4 is 10.1 Å². The van der Waals surface area contributed by atoms with Crippen LogP contribution in [0.5, 0.6) is 5.75 Å². The van der Waals surface area contributed by atoms with Crippen LogP contribution in [-0.2, 0) is 6.42 Å². The van der Waals surface area contributed by atoms with Crippen molar-refractivity contribution in [1.82, 2.24) is 5.32 Å². The summed E-state index contributed by atoms with van der Waals surface area (Å²) in [7, 11) is 1.70. The molecule has 0 aromatic heterocycles. The number of nitrogens with one attached hydrogen (secondary N) is 1. The number of aryl methyl sites for hydroxylation is 1. The summed E-state index contributed by atoms with van der Waals surface area (Å²) in [5.74, 6) is 0.949. The van der Waals surface area contributed by atoms with Gasteiger partial charge in [0, 0.05) is 6.61 Å². The highest BCUT2D eigenvalue weighted by Gasteiger charge is 1.99. The van der Waals surface area contributed by atoms with E-state index in [0.29, 0.717) is 6.61 Å². The van der Waals surface area contributed by atoms with E-state index in [-0.39, 0.29) is 0 Å². The first-order chi connectivity index (χ1) is 8.27. The molecule has 1 aromatic rings. The number of hydrogen-bond donors (Lipinski definition) is 2. The van der Waals surface area contributed by atoms with Gasteiger partial charge in [-0.1, -0.05) is 12.1 Å². The molecule has 0 spiro atoms. The minimum Gasteiger partial charge on any atom is -0.496 e. The number of rotatable bonds is 8. The quantitative estimate of drug-likeness (QED) is 0.679. The van der Waals surface area contributed by atoms with Gasteiger partial charge in [0.25, 0.3) is 0 Å². The van der Waals surface area contributed by atoms with E-state index in [1.807, 2.05) is 6.07 Å². The summed E-state index contributed by atoms with van der Waals surface area (Å²) in [6.07, 6.45) is 2.96. The van der Waals surface area contributed by atoms with E-state index in [2.05, 4.69) is 24.4 Å². The lowest BCUT2D eigenvalue weighted by molar-refractivity contribution is 0.284.